The Balaban J connectivity index is 1.96. The predicted molar refractivity (Wildman–Crippen MR) is 90.2 cm³/mol. The molecule has 0 aliphatic carbocycles. The lowest BCUT2D eigenvalue weighted by Crippen LogP contribution is -2.15. The predicted octanol–water partition coefficient (Wildman–Crippen LogP) is 3.55. The van der Waals surface area contributed by atoms with E-state index >= 15 is 0 Å². The molecule has 2 heterocycles. The first kappa shape index (κ1) is 16.3. The molecule has 1 aromatic carbocycles. The van der Waals surface area contributed by atoms with Gasteiger partial charge in [0.2, 0.25) is 5.13 Å². The summed E-state index contributed by atoms with van der Waals surface area (Å²) in [5.74, 6) is -0.556. The number of hydrogen-bond donors (Lipinski definition) is 1. The lowest BCUT2D eigenvalue weighted by Gasteiger charge is -2.12. The highest BCUT2D eigenvalue weighted by Crippen LogP contribution is 2.24. The van der Waals surface area contributed by atoms with Crippen LogP contribution >= 0.6 is 11.3 Å². The van der Waals surface area contributed by atoms with Crippen molar-refractivity contribution in [2.75, 3.05) is 5.32 Å². The molecular formula is C16H16FN5OS. The fourth-order valence-corrected chi connectivity index (χ4v) is 2.97. The van der Waals surface area contributed by atoms with Crippen LogP contribution < -0.4 is 5.32 Å². The lowest BCUT2D eigenvalue weighted by atomic mass is 10.1. The molecule has 0 unspecified atom stereocenters. The second-order valence-corrected chi connectivity index (χ2v) is 6.75. The largest absolute Gasteiger partial charge is 0.296 e. The topological polar surface area (TPSA) is 72.7 Å². The molecule has 0 atom stereocenters. The summed E-state index contributed by atoms with van der Waals surface area (Å²) in [5.41, 5.74) is 1.91. The first-order valence-electron chi connectivity index (χ1n) is 7.41. The Morgan fingerprint density at radius 2 is 1.96 bits per heavy atom. The fourth-order valence-electron chi connectivity index (χ4n) is 2.39. The van der Waals surface area contributed by atoms with E-state index in [1.807, 2.05) is 20.8 Å². The number of halogens is 1. The van der Waals surface area contributed by atoms with Crippen molar-refractivity contribution in [3.05, 3.63) is 52.5 Å². The molecule has 1 N–H and O–H groups in total. The Kier molecular flexibility index (Phi) is 4.39. The van der Waals surface area contributed by atoms with Crippen LogP contribution in [0.25, 0.3) is 5.69 Å². The highest BCUT2D eigenvalue weighted by molar-refractivity contribution is 7.15. The normalized spacial score (nSPS) is 11.0. The van der Waals surface area contributed by atoms with E-state index in [1.165, 1.54) is 29.7 Å². The third kappa shape index (κ3) is 3.18. The van der Waals surface area contributed by atoms with Gasteiger partial charge >= 0.3 is 0 Å². The first-order chi connectivity index (χ1) is 11.5. The second-order valence-electron chi connectivity index (χ2n) is 5.57. The molecule has 0 aliphatic rings. The summed E-state index contributed by atoms with van der Waals surface area (Å²) in [7, 11) is 0. The molecule has 0 fully saturated rings. The Hall–Kier alpha value is -2.61. The number of amides is 1. The molecular weight excluding hydrogens is 329 g/mol. The van der Waals surface area contributed by atoms with Crippen LogP contribution in [0.2, 0.25) is 0 Å². The van der Waals surface area contributed by atoms with Crippen LogP contribution in [0.1, 0.15) is 40.8 Å². The molecule has 0 saturated carbocycles. The number of aryl methyl sites for hydroxylation is 1. The average molecular weight is 345 g/mol. The van der Waals surface area contributed by atoms with E-state index in [9.17, 15) is 9.18 Å². The van der Waals surface area contributed by atoms with Crippen LogP contribution in [0.5, 0.6) is 0 Å². The molecule has 6 nitrogen and oxygen atoms in total. The Bertz CT molecular complexity index is 869. The van der Waals surface area contributed by atoms with Gasteiger partial charge in [0.25, 0.3) is 5.91 Å². The fraction of sp³-hybridized carbons (Fsp3) is 0.250. The zero-order valence-corrected chi connectivity index (χ0v) is 14.3. The average Bonchev–Trinajstić information content (AvgIpc) is 3.14. The van der Waals surface area contributed by atoms with Gasteiger partial charge in [0.05, 0.1) is 23.1 Å². The maximum atomic E-state index is 13.1. The Morgan fingerprint density at radius 3 is 2.54 bits per heavy atom. The number of anilines is 1. The van der Waals surface area contributed by atoms with Gasteiger partial charge in [-0.25, -0.2) is 9.07 Å². The molecule has 0 bridgehead atoms. The molecule has 3 aromatic rings. The summed E-state index contributed by atoms with van der Waals surface area (Å²) in [4.78, 5) is 12.6. The third-order valence-electron chi connectivity index (χ3n) is 3.42. The summed E-state index contributed by atoms with van der Waals surface area (Å²) in [5, 5.41) is 16.0. The van der Waals surface area contributed by atoms with Crippen LogP contribution in [-0.2, 0) is 0 Å². The van der Waals surface area contributed by atoms with Gasteiger partial charge in [0.15, 0.2) is 0 Å². The van der Waals surface area contributed by atoms with Crippen molar-refractivity contribution in [2.24, 2.45) is 0 Å². The summed E-state index contributed by atoms with van der Waals surface area (Å²) >= 11 is 1.31. The minimum Gasteiger partial charge on any atom is -0.296 e. The number of carbonyl (C=O) groups excluding carboxylic acids is 1. The van der Waals surface area contributed by atoms with Gasteiger partial charge in [-0.3, -0.25) is 10.1 Å². The Labute approximate surface area is 142 Å². The summed E-state index contributed by atoms with van der Waals surface area (Å²) in [6.45, 7) is 5.77. The van der Waals surface area contributed by atoms with Crippen molar-refractivity contribution >= 4 is 22.4 Å². The summed E-state index contributed by atoms with van der Waals surface area (Å²) < 4.78 is 14.8. The van der Waals surface area contributed by atoms with E-state index in [1.54, 1.807) is 16.8 Å². The monoisotopic (exact) mass is 345 g/mol. The zero-order chi connectivity index (χ0) is 17.3. The van der Waals surface area contributed by atoms with Gasteiger partial charge in [0, 0.05) is 0 Å². The minimum atomic E-state index is -0.318. The van der Waals surface area contributed by atoms with E-state index in [-0.39, 0.29) is 17.6 Å². The maximum absolute atomic E-state index is 13.1. The van der Waals surface area contributed by atoms with Crippen LogP contribution in [0, 0.1) is 12.7 Å². The van der Waals surface area contributed by atoms with E-state index in [0.29, 0.717) is 16.4 Å². The number of aromatic nitrogens is 4. The van der Waals surface area contributed by atoms with E-state index in [2.05, 4.69) is 20.6 Å². The van der Waals surface area contributed by atoms with Crippen LogP contribution in [-0.4, -0.2) is 25.9 Å². The van der Waals surface area contributed by atoms with Gasteiger partial charge in [-0.1, -0.05) is 25.2 Å². The smallest absolute Gasteiger partial charge is 0.260 e. The number of nitrogens with one attached hydrogen (secondary N) is 1. The molecule has 8 heteroatoms. The molecule has 124 valence electrons. The van der Waals surface area contributed by atoms with Crippen molar-refractivity contribution in [1.82, 2.24) is 20.0 Å². The van der Waals surface area contributed by atoms with E-state index in [0.717, 1.165) is 10.7 Å². The number of benzene rings is 1. The van der Waals surface area contributed by atoms with Gasteiger partial charge in [-0.2, -0.15) is 5.10 Å². The van der Waals surface area contributed by atoms with Crippen molar-refractivity contribution in [3.63, 3.8) is 0 Å². The van der Waals surface area contributed by atoms with E-state index < -0.39 is 0 Å². The first-order valence-corrected chi connectivity index (χ1v) is 8.22. The molecule has 24 heavy (non-hydrogen) atoms. The molecule has 1 amide bonds. The SMILES string of the molecule is Cc1nnc(NC(=O)c2cnn(-c3ccc(F)cc3)c2C(C)C)s1. The number of carbonyl (C=O) groups is 1. The van der Waals surface area contributed by atoms with Crippen molar-refractivity contribution in [2.45, 2.75) is 26.7 Å². The number of rotatable bonds is 4. The number of nitrogens with zero attached hydrogens (tertiary/aromatic N) is 4. The van der Waals surface area contributed by atoms with Gasteiger partial charge in [0.1, 0.15) is 10.8 Å². The van der Waals surface area contributed by atoms with Crippen molar-refractivity contribution < 1.29 is 9.18 Å². The van der Waals surface area contributed by atoms with Crippen molar-refractivity contribution in [3.8, 4) is 5.69 Å². The van der Waals surface area contributed by atoms with Gasteiger partial charge in [-0.15, -0.1) is 10.2 Å². The second kappa shape index (κ2) is 6.48. The number of hydrogen-bond acceptors (Lipinski definition) is 5. The lowest BCUT2D eigenvalue weighted by molar-refractivity contribution is 0.102. The van der Waals surface area contributed by atoms with Crippen LogP contribution in [0.3, 0.4) is 0 Å². The van der Waals surface area contributed by atoms with Crippen LogP contribution in [0.4, 0.5) is 9.52 Å². The molecule has 3 rings (SSSR count). The minimum absolute atomic E-state index is 0.0504. The van der Waals surface area contributed by atoms with Crippen molar-refractivity contribution in [1.29, 1.82) is 0 Å². The molecule has 2 aromatic heterocycles. The summed E-state index contributed by atoms with van der Waals surface area (Å²) in [6.07, 6.45) is 1.52. The molecule has 0 radical (unpaired) electrons. The standard InChI is InChI=1S/C16H16FN5OS/c1-9(2)14-13(15(23)19-16-21-20-10(3)24-16)8-18-22(14)12-6-4-11(17)5-7-12/h4-9H,1-3H3,(H,19,21,23). The highest BCUT2D eigenvalue weighted by Gasteiger charge is 2.21. The zero-order valence-electron chi connectivity index (χ0n) is 13.4. The molecule has 0 spiro atoms. The summed E-state index contributed by atoms with van der Waals surface area (Å²) in [6, 6.07) is 5.99. The Morgan fingerprint density at radius 1 is 1.25 bits per heavy atom. The highest BCUT2D eigenvalue weighted by atomic mass is 32.1. The molecule has 0 aliphatic heterocycles. The van der Waals surface area contributed by atoms with Crippen LogP contribution in [0.15, 0.2) is 30.5 Å². The van der Waals surface area contributed by atoms with E-state index in [4.69, 9.17) is 0 Å². The quantitative estimate of drug-likeness (QED) is 0.785. The van der Waals surface area contributed by atoms with Gasteiger partial charge in [-0.05, 0) is 37.1 Å². The molecule has 0 saturated heterocycles. The third-order valence-corrected chi connectivity index (χ3v) is 4.17. The van der Waals surface area contributed by atoms with Gasteiger partial charge < -0.3 is 0 Å². The maximum Gasteiger partial charge on any atom is 0.260 e.